The zero-order chi connectivity index (χ0) is 16.2. The molecule has 0 amide bonds. The molecule has 1 aromatic heterocycles. The van der Waals surface area contributed by atoms with E-state index < -0.39 is 0 Å². The molecule has 1 aliphatic carbocycles. The quantitative estimate of drug-likeness (QED) is 0.857. The lowest BCUT2D eigenvalue weighted by molar-refractivity contribution is 0.126. The van der Waals surface area contributed by atoms with Crippen molar-refractivity contribution in [3.63, 3.8) is 0 Å². The lowest BCUT2D eigenvalue weighted by Crippen LogP contribution is -2.28. The van der Waals surface area contributed by atoms with Crippen molar-refractivity contribution < 1.29 is 9.84 Å². The van der Waals surface area contributed by atoms with Crippen LogP contribution in [0.5, 0.6) is 11.5 Å². The minimum Gasteiger partial charge on any atom is -0.450 e. The number of nitrogens with one attached hydrogen (secondary N) is 1. The number of ether oxygens (including phenoxy) is 1. The fourth-order valence-corrected chi connectivity index (χ4v) is 3.04. The topological polar surface area (TPSA) is 67.3 Å². The third kappa shape index (κ3) is 4.25. The second-order valence-corrected chi connectivity index (χ2v) is 6.41. The maximum Gasteiger partial charge on any atom is 0.188 e. The number of nitrogens with zero attached hydrogens (tertiary/aromatic N) is 2. The molecule has 1 heterocycles. The first-order valence-electron chi connectivity index (χ1n) is 7.49. The van der Waals surface area contributed by atoms with Crippen LogP contribution in [-0.2, 0) is 0 Å². The van der Waals surface area contributed by atoms with E-state index in [1.807, 2.05) is 0 Å². The number of aliphatic hydroxyl groups is 1. The summed E-state index contributed by atoms with van der Waals surface area (Å²) in [6, 6.07) is 5.30. The third-order valence-electron chi connectivity index (χ3n) is 3.83. The summed E-state index contributed by atoms with van der Waals surface area (Å²) in [6.45, 7) is 0. The van der Waals surface area contributed by atoms with Crippen molar-refractivity contribution in [2.75, 3.05) is 5.32 Å². The van der Waals surface area contributed by atoms with Crippen LogP contribution >= 0.6 is 23.2 Å². The van der Waals surface area contributed by atoms with Gasteiger partial charge >= 0.3 is 0 Å². The fourth-order valence-electron chi connectivity index (χ4n) is 2.59. The predicted octanol–water partition coefficient (Wildman–Crippen LogP) is 4.29. The van der Waals surface area contributed by atoms with E-state index in [2.05, 4.69) is 15.3 Å². The van der Waals surface area contributed by atoms with Gasteiger partial charge < -0.3 is 15.2 Å². The van der Waals surface area contributed by atoms with E-state index in [4.69, 9.17) is 27.9 Å². The molecule has 0 unspecified atom stereocenters. The highest BCUT2D eigenvalue weighted by atomic mass is 35.5. The second-order valence-electron chi connectivity index (χ2n) is 5.56. The first-order valence-corrected chi connectivity index (χ1v) is 8.25. The van der Waals surface area contributed by atoms with Crippen molar-refractivity contribution in [1.82, 2.24) is 9.97 Å². The Morgan fingerprint density at radius 3 is 2.65 bits per heavy atom. The maximum atomic E-state index is 9.59. The van der Waals surface area contributed by atoms with Gasteiger partial charge in [-0.3, -0.25) is 0 Å². The van der Waals surface area contributed by atoms with Crippen LogP contribution in [0.1, 0.15) is 25.7 Å². The molecule has 23 heavy (non-hydrogen) atoms. The molecule has 0 bridgehead atoms. The van der Waals surface area contributed by atoms with Gasteiger partial charge in [-0.05, 0) is 43.9 Å². The summed E-state index contributed by atoms with van der Waals surface area (Å²) in [6.07, 6.45) is 6.25. The molecular formula is C16H17Cl2N3O2. The summed E-state index contributed by atoms with van der Waals surface area (Å²) in [5.41, 5.74) is 0. The van der Waals surface area contributed by atoms with E-state index in [-0.39, 0.29) is 12.1 Å². The number of benzene rings is 1. The molecule has 0 aliphatic heterocycles. The van der Waals surface area contributed by atoms with Gasteiger partial charge in [-0.2, -0.15) is 0 Å². The highest BCUT2D eigenvalue weighted by Crippen LogP contribution is 2.34. The zero-order valence-electron chi connectivity index (χ0n) is 12.4. The van der Waals surface area contributed by atoms with Crippen LogP contribution in [-0.4, -0.2) is 27.2 Å². The summed E-state index contributed by atoms with van der Waals surface area (Å²) in [4.78, 5) is 8.26. The standard InChI is InChI=1S/C16H17Cl2N3O2/c17-10-1-6-14(13(18)7-10)23-15-8-19-9-20-16(15)21-11-2-4-12(22)5-3-11/h1,6-9,11-12,22H,2-5H2,(H,19,20,21)/t11-,12-. The summed E-state index contributed by atoms with van der Waals surface area (Å²) < 4.78 is 5.83. The summed E-state index contributed by atoms with van der Waals surface area (Å²) in [5.74, 6) is 1.61. The van der Waals surface area contributed by atoms with Gasteiger partial charge in [-0.25, -0.2) is 9.97 Å². The van der Waals surface area contributed by atoms with E-state index >= 15 is 0 Å². The minimum atomic E-state index is -0.193. The number of aliphatic hydroxyl groups excluding tert-OH is 1. The molecule has 0 saturated heterocycles. The molecule has 3 rings (SSSR count). The average molecular weight is 354 g/mol. The Labute approximate surface area is 144 Å². The molecule has 2 N–H and O–H groups in total. The highest BCUT2D eigenvalue weighted by molar-refractivity contribution is 6.35. The van der Waals surface area contributed by atoms with Gasteiger partial charge in [-0.1, -0.05) is 23.2 Å². The number of halogens is 2. The van der Waals surface area contributed by atoms with E-state index in [0.717, 1.165) is 25.7 Å². The maximum absolute atomic E-state index is 9.59. The van der Waals surface area contributed by atoms with Crippen LogP contribution in [0.15, 0.2) is 30.7 Å². The Kier molecular flexibility index (Phi) is 5.20. The Morgan fingerprint density at radius 2 is 1.91 bits per heavy atom. The first kappa shape index (κ1) is 16.3. The lowest BCUT2D eigenvalue weighted by atomic mass is 9.93. The summed E-state index contributed by atoms with van der Waals surface area (Å²) >= 11 is 12.0. The molecule has 122 valence electrons. The van der Waals surface area contributed by atoms with Crippen molar-refractivity contribution in [2.24, 2.45) is 0 Å². The lowest BCUT2D eigenvalue weighted by Gasteiger charge is -2.27. The molecule has 1 aliphatic rings. The molecule has 7 heteroatoms. The molecule has 1 saturated carbocycles. The van der Waals surface area contributed by atoms with Crippen molar-refractivity contribution in [1.29, 1.82) is 0 Å². The van der Waals surface area contributed by atoms with Gasteiger partial charge in [0.1, 0.15) is 12.1 Å². The molecule has 0 radical (unpaired) electrons. The van der Waals surface area contributed by atoms with Crippen molar-refractivity contribution in [2.45, 2.75) is 37.8 Å². The van der Waals surface area contributed by atoms with Crippen LogP contribution in [0.4, 0.5) is 5.82 Å². The summed E-state index contributed by atoms with van der Waals surface area (Å²) in [7, 11) is 0. The Bertz CT molecular complexity index is 676. The molecule has 0 spiro atoms. The van der Waals surface area contributed by atoms with Crippen LogP contribution in [0.3, 0.4) is 0 Å². The minimum absolute atomic E-state index is 0.193. The molecule has 2 aromatic rings. The summed E-state index contributed by atoms with van der Waals surface area (Å²) in [5, 5.41) is 13.9. The fraction of sp³-hybridized carbons (Fsp3) is 0.375. The molecule has 0 atom stereocenters. The van der Waals surface area contributed by atoms with E-state index in [1.165, 1.54) is 6.33 Å². The van der Waals surface area contributed by atoms with Gasteiger partial charge in [0.2, 0.25) is 0 Å². The van der Waals surface area contributed by atoms with Crippen molar-refractivity contribution >= 4 is 29.0 Å². The molecule has 1 fully saturated rings. The van der Waals surface area contributed by atoms with Crippen molar-refractivity contribution in [3.8, 4) is 11.5 Å². The van der Waals surface area contributed by atoms with Gasteiger partial charge in [0.15, 0.2) is 11.6 Å². The SMILES string of the molecule is O[C@H]1CC[C@H](Nc2ncncc2Oc2ccc(Cl)cc2Cl)CC1. The highest BCUT2D eigenvalue weighted by Gasteiger charge is 2.21. The van der Waals surface area contributed by atoms with E-state index in [1.54, 1.807) is 24.4 Å². The third-order valence-corrected chi connectivity index (χ3v) is 4.36. The first-order chi connectivity index (χ1) is 11.1. The van der Waals surface area contributed by atoms with Crippen LogP contribution < -0.4 is 10.1 Å². The molecule has 1 aromatic carbocycles. The molecule has 5 nitrogen and oxygen atoms in total. The number of hydrogen-bond donors (Lipinski definition) is 2. The normalized spacial score (nSPS) is 21.0. The smallest absolute Gasteiger partial charge is 0.188 e. The van der Waals surface area contributed by atoms with Gasteiger partial charge in [0.25, 0.3) is 0 Å². The zero-order valence-corrected chi connectivity index (χ0v) is 13.9. The Balaban J connectivity index is 1.75. The van der Waals surface area contributed by atoms with E-state index in [9.17, 15) is 5.11 Å². The van der Waals surface area contributed by atoms with Crippen LogP contribution in [0.2, 0.25) is 10.0 Å². The Hall–Kier alpha value is -1.56. The van der Waals surface area contributed by atoms with Crippen LogP contribution in [0, 0.1) is 0 Å². The van der Waals surface area contributed by atoms with Gasteiger partial charge in [0, 0.05) is 11.1 Å². The van der Waals surface area contributed by atoms with Gasteiger partial charge in [0.05, 0.1) is 17.3 Å². The second kappa shape index (κ2) is 7.34. The number of anilines is 1. The predicted molar refractivity (Wildman–Crippen MR) is 90.5 cm³/mol. The van der Waals surface area contributed by atoms with Crippen molar-refractivity contribution in [3.05, 3.63) is 40.8 Å². The largest absolute Gasteiger partial charge is 0.450 e. The number of rotatable bonds is 4. The van der Waals surface area contributed by atoms with Gasteiger partial charge in [-0.15, -0.1) is 0 Å². The van der Waals surface area contributed by atoms with E-state index in [0.29, 0.717) is 27.4 Å². The average Bonchev–Trinajstić information content (AvgIpc) is 2.54. The monoisotopic (exact) mass is 353 g/mol. The number of hydrogen-bond acceptors (Lipinski definition) is 5. The Morgan fingerprint density at radius 1 is 1.13 bits per heavy atom. The van der Waals surface area contributed by atoms with Crippen LogP contribution in [0.25, 0.3) is 0 Å². The number of aromatic nitrogens is 2. The molecular weight excluding hydrogens is 337 g/mol.